The molecule has 0 unspecified atom stereocenters. The minimum absolute atomic E-state index is 0.267. The molecule has 0 atom stereocenters. The van der Waals surface area contributed by atoms with Gasteiger partial charge >= 0.3 is 0 Å². The van der Waals surface area contributed by atoms with Crippen molar-refractivity contribution in [3.8, 4) is 11.5 Å². The van der Waals surface area contributed by atoms with E-state index in [9.17, 15) is 10.2 Å². The summed E-state index contributed by atoms with van der Waals surface area (Å²) >= 11 is 0. The fourth-order valence-electron chi connectivity index (χ4n) is 6.69. The van der Waals surface area contributed by atoms with E-state index in [1.807, 2.05) is 31.2 Å². The lowest BCUT2D eigenvalue weighted by Gasteiger charge is -2.13. The molecular formula is C51H74O2. The number of hydrogen-bond acceptors (Lipinski definition) is 2. The molecule has 0 fully saturated rings. The van der Waals surface area contributed by atoms with E-state index in [1.165, 1.54) is 63.8 Å². The molecule has 0 spiro atoms. The van der Waals surface area contributed by atoms with Crippen LogP contribution in [-0.4, -0.2) is 10.2 Å². The maximum absolute atomic E-state index is 10.9. The van der Waals surface area contributed by atoms with Gasteiger partial charge in [-0.15, -0.1) is 0 Å². The van der Waals surface area contributed by atoms with E-state index in [1.54, 1.807) is 0 Å². The van der Waals surface area contributed by atoms with Crippen molar-refractivity contribution < 1.29 is 10.2 Å². The van der Waals surface area contributed by atoms with Crippen LogP contribution in [0.1, 0.15) is 163 Å². The summed E-state index contributed by atoms with van der Waals surface area (Å²) in [5.74, 6) is 0.549. The van der Waals surface area contributed by atoms with E-state index in [-0.39, 0.29) is 11.5 Å². The van der Waals surface area contributed by atoms with Crippen LogP contribution in [0.4, 0.5) is 0 Å². The Bertz CT molecular complexity index is 1690. The SMILES string of the molecule is CC(C)=CCC/C(C)=C/CC/C(C)=C/CC/C(C)=C/CC/C(C)=C/CC/C(C)=C/CC/C(C)=C\CC/C(C)=C/Cc1c(C)c(O)c2ccccc2c1O. The Morgan fingerprint density at radius 2 is 0.698 bits per heavy atom. The zero-order valence-corrected chi connectivity index (χ0v) is 35.4. The van der Waals surface area contributed by atoms with Gasteiger partial charge in [0, 0.05) is 16.3 Å². The van der Waals surface area contributed by atoms with Crippen LogP contribution in [-0.2, 0) is 6.42 Å². The summed E-state index contributed by atoms with van der Waals surface area (Å²) in [5, 5.41) is 23.0. The maximum Gasteiger partial charge on any atom is 0.127 e. The second-order valence-electron chi connectivity index (χ2n) is 16.0. The van der Waals surface area contributed by atoms with Crippen LogP contribution in [0.3, 0.4) is 0 Å². The highest BCUT2D eigenvalue weighted by atomic mass is 16.3. The predicted octanol–water partition coefficient (Wildman–Crippen LogP) is 16.2. The van der Waals surface area contributed by atoms with Gasteiger partial charge < -0.3 is 10.2 Å². The Balaban J connectivity index is 1.64. The van der Waals surface area contributed by atoms with E-state index in [0.717, 1.165) is 81.8 Å². The molecule has 0 amide bonds. The molecule has 2 aromatic carbocycles. The van der Waals surface area contributed by atoms with Gasteiger partial charge in [-0.05, 0) is 171 Å². The summed E-state index contributed by atoms with van der Waals surface area (Å²) in [4.78, 5) is 0. The van der Waals surface area contributed by atoms with Crippen LogP contribution in [0.2, 0.25) is 0 Å². The van der Waals surface area contributed by atoms with Crippen molar-refractivity contribution in [1.29, 1.82) is 0 Å². The minimum Gasteiger partial charge on any atom is -0.507 e. The number of phenols is 2. The summed E-state index contributed by atoms with van der Waals surface area (Å²) in [6, 6.07) is 7.50. The molecule has 0 radical (unpaired) electrons. The monoisotopic (exact) mass is 719 g/mol. The van der Waals surface area contributed by atoms with E-state index in [4.69, 9.17) is 0 Å². The van der Waals surface area contributed by atoms with E-state index >= 15 is 0 Å². The average Bonchev–Trinajstić information content (AvgIpc) is 3.10. The molecule has 2 heteroatoms. The first-order chi connectivity index (χ1) is 25.3. The normalized spacial score (nSPS) is 14.0. The lowest BCUT2D eigenvalue weighted by Crippen LogP contribution is -1.92. The number of rotatable bonds is 23. The molecule has 0 aliphatic carbocycles. The quantitative estimate of drug-likeness (QED) is 0.0887. The highest BCUT2D eigenvalue weighted by Crippen LogP contribution is 2.39. The Morgan fingerprint density at radius 1 is 0.415 bits per heavy atom. The van der Waals surface area contributed by atoms with Gasteiger partial charge in [0.25, 0.3) is 0 Å². The third kappa shape index (κ3) is 18.7. The van der Waals surface area contributed by atoms with Crippen molar-refractivity contribution in [2.75, 3.05) is 0 Å². The molecule has 2 nitrogen and oxygen atoms in total. The van der Waals surface area contributed by atoms with Gasteiger partial charge in [0.1, 0.15) is 11.5 Å². The molecule has 2 N–H and O–H groups in total. The fraction of sp³-hybridized carbons (Fsp3) is 0.490. The lowest BCUT2D eigenvalue weighted by molar-refractivity contribution is 0.461. The summed E-state index contributed by atoms with van der Waals surface area (Å²) in [7, 11) is 0. The van der Waals surface area contributed by atoms with Crippen LogP contribution >= 0.6 is 0 Å². The summed E-state index contributed by atoms with van der Waals surface area (Å²) in [6.07, 6.45) is 35.5. The van der Waals surface area contributed by atoms with Gasteiger partial charge in [-0.2, -0.15) is 0 Å². The number of hydrogen-bond donors (Lipinski definition) is 2. The van der Waals surface area contributed by atoms with Crippen LogP contribution in [0.25, 0.3) is 10.8 Å². The molecule has 0 aliphatic heterocycles. The third-order valence-corrected chi connectivity index (χ3v) is 10.5. The number of allylic oxidation sites excluding steroid dienone is 16. The number of phenolic OH excluding ortho intramolecular Hbond substituents is 2. The highest BCUT2D eigenvalue weighted by molar-refractivity contribution is 5.95. The molecule has 0 bridgehead atoms. The van der Waals surface area contributed by atoms with E-state index in [2.05, 4.69) is 111 Å². The van der Waals surface area contributed by atoms with Gasteiger partial charge in [-0.25, -0.2) is 0 Å². The Hall–Kier alpha value is -3.78. The number of benzene rings is 2. The standard InChI is InChI=1S/C51H74O2/c1-38(2)20-13-21-39(3)22-14-23-40(4)24-15-25-41(5)26-16-27-42(6)28-17-29-43(7)30-18-31-44(8)32-19-33-45(9)36-37-47-46(10)50(52)48-34-11-12-35-49(48)51(47)53/h11-12,20,22,24,26,28,30,32,34-36,52-53H,13-19,21,23,25,27,29,31,33,37H2,1-10H3/b39-22+,40-24+,41-26+,42-28+,43-30+,44-32-,45-36+. The number of aromatic hydroxyl groups is 2. The Morgan fingerprint density at radius 3 is 1.02 bits per heavy atom. The van der Waals surface area contributed by atoms with Gasteiger partial charge in [0.2, 0.25) is 0 Å². The first kappa shape index (κ1) is 45.4. The molecule has 0 aromatic heterocycles. The van der Waals surface area contributed by atoms with Crippen LogP contribution in [0, 0.1) is 6.92 Å². The predicted molar refractivity (Wildman–Crippen MR) is 236 cm³/mol. The van der Waals surface area contributed by atoms with Crippen LogP contribution in [0.5, 0.6) is 11.5 Å². The van der Waals surface area contributed by atoms with Gasteiger partial charge in [0.15, 0.2) is 0 Å². The zero-order chi connectivity index (χ0) is 39.2. The van der Waals surface area contributed by atoms with Crippen molar-refractivity contribution >= 4 is 10.8 Å². The van der Waals surface area contributed by atoms with Crippen molar-refractivity contribution in [1.82, 2.24) is 0 Å². The lowest BCUT2D eigenvalue weighted by atomic mass is 9.95. The molecule has 0 saturated carbocycles. The van der Waals surface area contributed by atoms with E-state index < -0.39 is 0 Å². The smallest absolute Gasteiger partial charge is 0.127 e. The second-order valence-corrected chi connectivity index (χ2v) is 16.0. The Kier molecular flexibility index (Phi) is 21.6. The van der Waals surface area contributed by atoms with Crippen molar-refractivity contribution in [3.63, 3.8) is 0 Å². The largest absolute Gasteiger partial charge is 0.507 e. The first-order valence-corrected chi connectivity index (χ1v) is 20.4. The van der Waals surface area contributed by atoms with Crippen molar-refractivity contribution in [2.45, 2.75) is 166 Å². The van der Waals surface area contributed by atoms with Gasteiger partial charge in [-0.1, -0.05) is 117 Å². The topological polar surface area (TPSA) is 40.5 Å². The summed E-state index contributed by atoms with van der Waals surface area (Å²) in [5.41, 5.74) is 13.3. The van der Waals surface area contributed by atoms with Gasteiger partial charge in [0.05, 0.1) is 0 Å². The molecule has 53 heavy (non-hydrogen) atoms. The zero-order valence-electron chi connectivity index (χ0n) is 35.4. The number of fused-ring (bicyclic) bond motifs is 1. The molecular weight excluding hydrogens is 645 g/mol. The maximum atomic E-state index is 10.9. The van der Waals surface area contributed by atoms with Crippen molar-refractivity contribution in [2.24, 2.45) is 0 Å². The summed E-state index contributed by atoms with van der Waals surface area (Å²) < 4.78 is 0. The molecule has 0 saturated heterocycles. The molecule has 0 heterocycles. The minimum atomic E-state index is 0.267. The summed E-state index contributed by atoms with van der Waals surface area (Å²) in [6.45, 7) is 22.1. The van der Waals surface area contributed by atoms with E-state index in [0.29, 0.717) is 17.2 Å². The first-order valence-electron chi connectivity index (χ1n) is 20.4. The molecule has 0 aliphatic rings. The average molecular weight is 719 g/mol. The van der Waals surface area contributed by atoms with Crippen LogP contribution in [0.15, 0.2) is 117 Å². The molecule has 2 aromatic rings. The third-order valence-electron chi connectivity index (χ3n) is 10.5. The second kappa shape index (κ2) is 25.3. The van der Waals surface area contributed by atoms with Crippen LogP contribution < -0.4 is 0 Å². The molecule has 2 rings (SSSR count). The highest BCUT2D eigenvalue weighted by Gasteiger charge is 2.14. The van der Waals surface area contributed by atoms with Crippen molar-refractivity contribution in [3.05, 3.63) is 129 Å². The van der Waals surface area contributed by atoms with Gasteiger partial charge in [-0.3, -0.25) is 0 Å². The fourth-order valence-corrected chi connectivity index (χ4v) is 6.69. The molecule has 290 valence electrons. The Labute approximate surface area is 325 Å².